The molecule has 2 atom stereocenters. The number of hydrogen-bond acceptors (Lipinski definition) is 2. The molecule has 0 spiro atoms. The number of aromatic nitrogens is 1. The first kappa shape index (κ1) is 14.0. The van der Waals surface area contributed by atoms with Gasteiger partial charge >= 0.3 is 0 Å². The molecule has 0 radical (unpaired) electrons. The third-order valence-corrected chi connectivity index (χ3v) is 4.30. The van der Waals surface area contributed by atoms with Gasteiger partial charge in [-0.05, 0) is 58.8 Å². The molecule has 1 heterocycles. The van der Waals surface area contributed by atoms with Crippen molar-refractivity contribution >= 4 is 15.9 Å². The topological polar surface area (TPSA) is 24.9 Å². The molecular formula is C15H23BrN2. The van der Waals surface area contributed by atoms with Crippen LogP contribution in [0.3, 0.4) is 0 Å². The Morgan fingerprint density at radius 1 is 1.39 bits per heavy atom. The van der Waals surface area contributed by atoms with Gasteiger partial charge in [-0.2, -0.15) is 0 Å². The van der Waals surface area contributed by atoms with E-state index in [4.69, 9.17) is 0 Å². The fourth-order valence-corrected chi connectivity index (χ4v) is 3.33. The second kappa shape index (κ2) is 7.25. The Hall–Kier alpha value is -0.410. The maximum atomic E-state index is 4.18. The molecule has 100 valence electrons. The zero-order valence-corrected chi connectivity index (χ0v) is 12.7. The van der Waals surface area contributed by atoms with E-state index in [0.717, 1.165) is 29.4 Å². The molecule has 0 bridgehead atoms. The van der Waals surface area contributed by atoms with Crippen LogP contribution in [-0.2, 0) is 6.54 Å². The molecule has 2 unspecified atom stereocenters. The van der Waals surface area contributed by atoms with Crippen LogP contribution in [0.5, 0.6) is 0 Å². The highest BCUT2D eigenvalue weighted by Gasteiger charge is 2.17. The van der Waals surface area contributed by atoms with E-state index in [1.807, 2.05) is 12.4 Å². The smallest absolute Gasteiger partial charge is 0.0410 e. The minimum absolute atomic E-state index is 0.925. The van der Waals surface area contributed by atoms with Gasteiger partial charge in [-0.25, -0.2) is 0 Å². The van der Waals surface area contributed by atoms with Crippen molar-refractivity contribution in [3.05, 3.63) is 28.5 Å². The van der Waals surface area contributed by atoms with Crippen molar-refractivity contribution in [2.45, 2.75) is 45.6 Å². The summed E-state index contributed by atoms with van der Waals surface area (Å²) in [5.74, 6) is 1.89. The first-order valence-corrected chi connectivity index (χ1v) is 7.83. The molecule has 1 aromatic heterocycles. The molecule has 1 N–H and O–H groups in total. The second-order valence-corrected chi connectivity index (χ2v) is 6.53. The summed E-state index contributed by atoms with van der Waals surface area (Å²) in [5.41, 5.74) is 1.25. The molecule has 1 saturated carbocycles. The van der Waals surface area contributed by atoms with Crippen LogP contribution < -0.4 is 5.32 Å². The van der Waals surface area contributed by atoms with Gasteiger partial charge in [-0.15, -0.1) is 0 Å². The van der Waals surface area contributed by atoms with Crippen molar-refractivity contribution in [1.82, 2.24) is 10.3 Å². The Morgan fingerprint density at radius 3 is 3.06 bits per heavy atom. The van der Waals surface area contributed by atoms with Gasteiger partial charge in [0.25, 0.3) is 0 Å². The average Bonchev–Trinajstić information content (AvgIpc) is 2.35. The van der Waals surface area contributed by atoms with E-state index in [1.165, 1.54) is 37.7 Å². The SMILES string of the molecule is CC1CCCC(CCNCc2cncc(Br)c2)C1. The van der Waals surface area contributed by atoms with Gasteiger partial charge in [-0.3, -0.25) is 4.98 Å². The second-order valence-electron chi connectivity index (χ2n) is 5.61. The maximum Gasteiger partial charge on any atom is 0.0410 e. The van der Waals surface area contributed by atoms with Crippen molar-refractivity contribution in [1.29, 1.82) is 0 Å². The van der Waals surface area contributed by atoms with Gasteiger partial charge in [0, 0.05) is 23.4 Å². The van der Waals surface area contributed by atoms with Crippen LogP contribution in [0.25, 0.3) is 0 Å². The summed E-state index contributed by atoms with van der Waals surface area (Å²) in [7, 11) is 0. The lowest BCUT2D eigenvalue weighted by molar-refractivity contribution is 0.267. The lowest BCUT2D eigenvalue weighted by Gasteiger charge is -2.26. The zero-order chi connectivity index (χ0) is 12.8. The quantitative estimate of drug-likeness (QED) is 0.826. The van der Waals surface area contributed by atoms with Crippen LogP contribution in [0, 0.1) is 11.8 Å². The third kappa shape index (κ3) is 4.69. The Bertz CT molecular complexity index is 367. The highest BCUT2D eigenvalue weighted by Crippen LogP contribution is 2.30. The standard InChI is InChI=1S/C15H23BrN2/c1-12-3-2-4-13(7-12)5-6-17-9-14-8-15(16)11-18-10-14/h8,10-13,17H,2-7,9H2,1H3. The number of halogens is 1. The normalized spacial score (nSPS) is 24.1. The molecule has 2 nitrogen and oxygen atoms in total. The van der Waals surface area contributed by atoms with Crippen molar-refractivity contribution < 1.29 is 0 Å². The summed E-state index contributed by atoms with van der Waals surface area (Å²) in [4.78, 5) is 4.18. The molecule has 1 aromatic rings. The lowest BCUT2D eigenvalue weighted by atomic mass is 9.81. The fourth-order valence-electron chi connectivity index (χ4n) is 2.91. The van der Waals surface area contributed by atoms with Crippen molar-refractivity contribution in [3.8, 4) is 0 Å². The Morgan fingerprint density at radius 2 is 2.28 bits per heavy atom. The lowest BCUT2D eigenvalue weighted by Crippen LogP contribution is -2.21. The summed E-state index contributed by atoms with van der Waals surface area (Å²) in [5, 5.41) is 3.53. The van der Waals surface area contributed by atoms with Crippen LogP contribution in [0.1, 0.15) is 44.6 Å². The third-order valence-electron chi connectivity index (χ3n) is 3.86. The van der Waals surface area contributed by atoms with Gasteiger partial charge in [0.2, 0.25) is 0 Å². The summed E-state index contributed by atoms with van der Waals surface area (Å²) in [6.45, 7) is 4.45. The number of pyridine rings is 1. The largest absolute Gasteiger partial charge is 0.313 e. The molecule has 0 amide bonds. The Balaban J connectivity index is 1.64. The highest BCUT2D eigenvalue weighted by molar-refractivity contribution is 9.10. The number of hydrogen-bond donors (Lipinski definition) is 1. The minimum Gasteiger partial charge on any atom is -0.313 e. The molecule has 2 rings (SSSR count). The Labute approximate surface area is 119 Å². The van der Waals surface area contributed by atoms with Gasteiger partial charge in [-0.1, -0.05) is 26.2 Å². The van der Waals surface area contributed by atoms with E-state index in [0.29, 0.717) is 0 Å². The van der Waals surface area contributed by atoms with E-state index in [9.17, 15) is 0 Å². The predicted octanol–water partition coefficient (Wildman–Crippen LogP) is 4.15. The van der Waals surface area contributed by atoms with Gasteiger partial charge < -0.3 is 5.32 Å². The molecule has 1 fully saturated rings. The van der Waals surface area contributed by atoms with E-state index < -0.39 is 0 Å². The fraction of sp³-hybridized carbons (Fsp3) is 0.667. The van der Waals surface area contributed by atoms with Gasteiger partial charge in [0.05, 0.1) is 0 Å². The van der Waals surface area contributed by atoms with Gasteiger partial charge in [0.1, 0.15) is 0 Å². The molecule has 0 saturated heterocycles. The summed E-state index contributed by atoms with van der Waals surface area (Å²) in [6.07, 6.45) is 10.8. The van der Waals surface area contributed by atoms with Crippen molar-refractivity contribution in [3.63, 3.8) is 0 Å². The van der Waals surface area contributed by atoms with E-state index in [1.54, 1.807) is 0 Å². The molecule has 3 heteroatoms. The summed E-state index contributed by atoms with van der Waals surface area (Å²) >= 11 is 3.45. The summed E-state index contributed by atoms with van der Waals surface area (Å²) < 4.78 is 1.06. The molecule has 0 aliphatic heterocycles. The number of nitrogens with one attached hydrogen (secondary N) is 1. The van der Waals surface area contributed by atoms with E-state index in [2.05, 4.69) is 39.2 Å². The monoisotopic (exact) mass is 310 g/mol. The molecule has 1 aliphatic carbocycles. The van der Waals surface area contributed by atoms with Gasteiger partial charge in [0.15, 0.2) is 0 Å². The summed E-state index contributed by atoms with van der Waals surface area (Å²) in [6, 6.07) is 2.13. The van der Waals surface area contributed by atoms with Crippen molar-refractivity contribution in [2.24, 2.45) is 11.8 Å². The predicted molar refractivity (Wildman–Crippen MR) is 79.4 cm³/mol. The maximum absolute atomic E-state index is 4.18. The number of rotatable bonds is 5. The molecule has 1 aliphatic rings. The molecule has 0 aromatic carbocycles. The van der Waals surface area contributed by atoms with Crippen LogP contribution in [0.2, 0.25) is 0 Å². The zero-order valence-electron chi connectivity index (χ0n) is 11.2. The van der Waals surface area contributed by atoms with E-state index in [-0.39, 0.29) is 0 Å². The van der Waals surface area contributed by atoms with Crippen LogP contribution in [0.4, 0.5) is 0 Å². The minimum atomic E-state index is 0.925. The molecule has 18 heavy (non-hydrogen) atoms. The average molecular weight is 311 g/mol. The van der Waals surface area contributed by atoms with Crippen LogP contribution in [-0.4, -0.2) is 11.5 Å². The van der Waals surface area contributed by atoms with Crippen molar-refractivity contribution in [2.75, 3.05) is 6.54 Å². The molecular weight excluding hydrogens is 288 g/mol. The number of nitrogens with zero attached hydrogens (tertiary/aromatic N) is 1. The first-order chi connectivity index (χ1) is 8.74. The van der Waals surface area contributed by atoms with E-state index >= 15 is 0 Å². The Kier molecular flexibility index (Phi) is 5.64. The van der Waals surface area contributed by atoms with Crippen LogP contribution in [0.15, 0.2) is 22.9 Å². The highest BCUT2D eigenvalue weighted by atomic mass is 79.9. The van der Waals surface area contributed by atoms with Crippen LogP contribution >= 0.6 is 15.9 Å². The first-order valence-electron chi connectivity index (χ1n) is 7.04.